The van der Waals surface area contributed by atoms with Gasteiger partial charge < -0.3 is 16.0 Å². The molecule has 0 aromatic heterocycles. The summed E-state index contributed by atoms with van der Waals surface area (Å²) in [5.74, 6) is 0. The molecular weight excluding hydrogens is 166 g/mol. The van der Waals surface area contributed by atoms with Crippen LogP contribution in [0, 0.1) is 5.41 Å². The van der Waals surface area contributed by atoms with Crippen LogP contribution in [0.25, 0.3) is 0 Å². The highest BCUT2D eigenvalue weighted by Crippen LogP contribution is 2.13. The molecule has 0 fully saturated rings. The second-order valence-electron chi connectivity index (χ2n) is 4.06. The summed E-state index contributed by atoms with van der Waals surface area (Å²) in [6, 6.07) is -0.0379. The Morgan fingerprint density at radius 2 is 2.08 bits per heavy atom. The lowest BCUT2D eigenvalue weighted by Gasteiger charge is -2.28. The SMILES string of the molecule is CCNC(=O)N(C)CC(C)(C)CN. The molecule has 78 valence electrons. The zero-order chi connectivity index (χ0) is 10.5. The summed E-state index contributed by atoms with van der Waals surface area (Å²) >= 11 is 0. The van der Waals surface area contributed by atoms with E-state index < -0.39 is 0 Å². The molecule has 0 saturated carbocycles. The molecule has 0 rings (SSSR count). The third kappa shape index (κ3) is 4.72. The largest absolute Gasteiger partial charge is 0.338 e. The van der Waals surface area contributed by atoms with Crippen molar-refractivity contribution in [3.05, 3.63) is 0 Å². The van der Waals surface area contributed by atoms with Crippen molar-refractivity contribution in [2.24, 2.45) is 11.1 Å². The first kappa shape index (κ1) is 12.2. The molecule has 0 aromatic carbocycles. The van der Waals surface area contributed by atoms with Gasteiger partial charge in [0.05, 0.1) is 0 Å². The number of hydrogen-bond acceptors (Lipinski definition) is 2. The fourth-order valence-corrected chi connectivity index (χ4v) is 1.06. The maximum Gasteiger partial charge on any atom is 0.317 e. The monoisotopic (exact) mass is 187 g/mol. The number of nitrogens with zero attached hydrogens (tertiary/aromatic N) is 1. The second kappa shape index (κ2) is 5.07. The summed E-state index contributed by atoms with van der Waals surface area (Å²) in [7, 11) is 1.78. The number of carbonyl (C=O) groups is 1. The van der Waals surface area contributed by atoms with Crippen molar-refractivity contribution < 1.29 is 4.79 Å². The number of carbonyl (C=O) groups excluding carboxylic acids is 1. The molecule has 0 radical (unpaired) electrons. The summed E-state index contributed by atoms with van der Waals surface area (Å²) in [5, 5.41) is 2.74. The topological polar surface area (TPSA) is 58.4 Å². The molecule has 0 atom stereocenters. The van der Waals surface area contributed by atoms with E-state index in [4.69, 9.17) is 5.73 Å². The first-order chi connectivity index (χ1) is 5.93. The summed E-state index contributed by atoms with van der Waals surface area (Å²) in [6.07, 6.45) is 0. The average molecular weight is 187 g/mol. The molecule has 0 saturated heterocycles. The van der Waals surface area contributed by atoms with Crippen LogP contribution in [0.1, 0.15) is 20.8 Å². The van der Waals surface area contributed by atoms with E-state index in [1.54, 1.807) is 11.9 Å². The van der Waals surface area contributed by atoms with Crippen molar-refractivity contribution >= 4 is 6.03 Å². The Kier molecular flexibility index (Phi) is 4.77. The third-order valence-corrected chi connectivity index (χ3v) is 1.89. The minimum atomic E-state index is -0.0379. The van der Waals surface area contributed by atoms with Crippen LogP contribution in [0.4, 0.5) is 4.79 Å². The van der Waals surface area contributed by atoms with Gasteiger partial charge in [-0.25, -0.2) is 4.79 Å². The van der Waals surface area contributed by atoms with Crippen LogP contribution in [0.5, 0.6) is 0 Å². The van der Waals surface area contributed by atoms with Crippen molar-refractivity contribution in [3.8, 4) is 0 Å². The van der Waals surface area contributed by atoms with Crippen LogP contribution in [0.2, 0.25) is 0 Å². The molecule has 0 aliphatic rings. The lowest BCUT2D eigenvalue weighted by atomic mass is 9.93. The smallest absolute Gasteiger partial charge is 0.317 e. The molecule has 2 amide bonds. The molecule has 0 spiro atoms. The number of urea groups is 1. The standard InChI is InChI=1S/C9H21N3O/c1-5-11-8(13)12(4)7-9(2,3)6-10/h5-7,10H2,1-4H3,(H,11,13). The van der Waals surface area contributed by atoms with Gasteiger partial charge in [0.25, 0.3) is 0 Å². The number of hydrogen-bond donors (Lipinski definition) is 2. The molecule has 0 aliphatic heterocycles. The van der Waals surface area contributed by atoms with Gasteiger partial charge in [-0.2, -0.15) is 0 Å². The van der Waals surface area contributed by atoms with Crippen LogP contribution < -0.4 is 11.1 Å². The van der Waals surface area contributed by atoms with E-state index in [-0.39, 0.29) is 11.4 Å². The van der Waals surface area contributed by atoms with Crippen molar-refractivity contribution in [1.29, 1.82) is 0 Å². The molecule has 3 N–H and O–H groups in total. The fourth-order valence-electron chi connectivity index (χ4n) is 1.06. The van der Waals surface area contributed by atoms with Crippen LogP contribution in [-0.4, -0.2) is 37.6 Å². The normalized spacial score (nSPS) is 11.2. The Balaban J connectivity index is 3.99. The van der Waals surface area contributed by atoms with Gasteiger partial charge in [0.2, 0.25) is 0 Å². The highest BCUT2D eigenvalue weighted by molar-refractivity contribution is 5.73. The van der Waals surface area contributed by atoms with Crippen molar-refractivity contribution in [3.63, 3.8) is 0 Å². The zero-order valence-corrected chi connectivity index (χ0v) is 9.05. The molecule has 4 nitrogen and oxygen atoms in total. The van der Waals surface area contributed by atoms with Gasteiger partial charge in [-0.1, -0.05) is 13.8 Å². The van der Waals surface area contributed by atoms with E-state index in [1.807, 2.05) is 20.8 Å². The van der Waals surface area contributed by atoms with E-state index in [0.29, 0.717) is 19.6 Å². The van der Waals surface area contributed by atoms with Crippen LogP contribution in [0.3, 0.4) is 0 Å². The highest BCUT2D eigenvalue weighted by Gasteiger charge is 2.20. The predicted molar refractivity (Wildman–Crippen MR) is 54.5 cm³/mol. The van der Waals surface area contributed by atoms with E-state index in [1.165, 1.54) is 0 Å². The van der Waals surface area contributed by atoms with E-state index in [2.05, 4.69) is 5.32 Å². The number of nitrogens with two attached hydrogens (primary N) is 1. The summed E-state index contributed by atoms with van der Waals surface area (Å²) < 4.78 is 0. The van der Waals surface area contributed by atoms with Crippen LogP contribution in [0.15, 0.2) is 0 Å². The zero-order valence-electron chi connectivity index (χ0n) is 9.05. The first-order valence-corrected chi connectivity index (χ1v) is 4.62. The summed E-state index contributed by atoms with van der Waals surface area (Å²) in [5.41, 5.74) is 5.56. The summed E-state index contributed by atoms with van der Waals surface area (Å²) in [6.45, 7) is 7.91. The number of rotatable bonds is 4. The maximum absolute atomic E-state index is 11.3. The molecule has 0 unspecified atom stereocenters. The quantitative estimate of drug-likeness (QED) is 0.678. The van der Waals surface area contributed by atoms with Crippen LogP contribution in [-0.2, 0) is 0 Å². The van der Waals surface area contributed by atoms with Crippen molar-refractivity contribution in [1.82, 2.24) is 10.2 Å². The first-order valence-electron chi connectivity index (χ1n) is 4.62. The van der Waals surface area contributed by atoms with Gasteiger partial charge in [0, 0.05) is 20.1 Å². The fraction of sp³-hybridized carbons (Fsp3) is 0.889. The molecule has 0 aliphatic carbocycles. The second-order valence-corrected chi connectivity index (χ2v) is 4.06. The van der Waals surface area contributed by atoms with Gasteiger partial charge in [-0.05, 0) is 18.9 Å². The van der Waals surface area contributed by atoms with Crippen LogP contribution >= 0.6 is 0 Å². The van der Waals surface area contributed by atoms with E-state index in [0.717, 1.165) is 0 Å². The van der Waals surface area contributed by atoms with E-state index >= 15 is 0 Å². The molecule has 0 heterocycles. The Morgan fingerprint density at radius 1 is 1.54 bits per heavy atom. The minimum absolute atomic E-state index is 0.0141. The molecule has 13 heavy (non-hydrogen) atoms. The van der Waals surface area contributed by atoms with Gasteiger partial charge in [0.1, 0.15) is 0 Å². The van der Waals surface area contributed by atoms with Gasteiger partial charge in [0.15, 0.2) is 0 Å². The van der Waals surface area contributed by atoms with E-state index in [9.17, 15) is 4.79 Å². The Labute approximate surface area is 80.5 Å². The minimum Gasteiger partial charge on any atom is -0.338 e. The van der Waals surface area contributed by atoms with Gasteiger partial charge in [-0.3, -0.25) is 0 Å². The number of nitrogens with one attached hydrogen (secondary N) is 1. The van der Waals surface area contributed by atoms with Crippen molar-refractivity contribution in [2.75, 3.05) is 26.7 Å². The third-order valence-electron chi connectivity index (χ3n) is 1.89. The highest BCUT2D eigenvalue weighted by atomic mass is 16.2. The Bertz CT molecular complexity index is 168. The lowest BCUT2D eigenvalue weighted by Crippen LogP contribution is -2.44. The predicted octanol–water partition coefficient (Wildman–Crippen LogP) is 0.633. The molecule has 0 aromatic rings. The molecular formula is C9H21N3O. The Morgan fingerprint density at radius 3 is 2.46 bits per heavy atom. The van der Waals surface area contributed by atoms with Gasteiger partial charge in [-0.15, -0.1) is 0 Å². The maximum atomic E-state index is 11.3. The van der Waals surface area contributed by atoms with Crippen molar-refractivity contribution in [2.45, 2.75) is 20.8 Å². The van der Waals surface area contributed by atoms with Gasteiger partial charge >= 0.3 is 6.03 Å². The number of amides is 2. The summed E-state index contributed by atoms with van der Waals surface area (Å²) in [4.78, 5) is 13.0. The molecule has 0 bridgehead atoms. The lowest BCUT2D eigenvalue weighted by molar-refractivity contribution is 0.185. The average Bonchev–Trinajstić information content (AvgIpc) is 2.04. The molecule has 4 heteroatoms. The Hall–Kier alpha value is -0.770.